The molecular weight excluding hydrogens is 396 g/mol. The summed E-state index contributed by atoms with van der Waals surface area (Å²) < 4.78 is 5.38. The molecule has 1 amide bonds. The van der Waals surface area contributed by atoms with E-state index in [-0.39, 0.29) is 11.8 Å². The van der Waals surface area contributed by atoms with Crippen LogP contribution in [0.15, 0.2) is 84.9 Å². The molecule has 4 rings (SSSR count). The molecule has 32 heavy (non-hydrogen) atoms. The maximum absolute atomic E-state index is 13.2. The topological polar surface area (TPSA) is 55.6 Å². The molecule has 3 aromatic carbocycles. The molecule has 0 saturated heterocycles. The third-order valence-electron chi connectivity index (χ3n) is 7.05. The van der Waals surface area contributed by atoms with Crippen molar-refractivity contribution in [2.75, 3.05) is 14.2 Å². The molecule has 4 heteroatoms. The Morgan fingerprint density at radius 1 is 0.969 bits per heavy atom. The van der Waals surface area contributed by atoms with Crippen molar-refractivity contribution >= 4 is 5.91 Å². The molecule has 2 N–H and O–H groups in total. The first-order valence-corrected chi connectivity index (χ1v) is 11.3. The minimum atomic E-state index is -0.825. The van der Waals surface area contributed by atoms with Gasteiger partial charge in [0.05, 0.1) is 7.11 Å². The van der Waals surface area contributed by atoms with E-state index in [1.807, 2.05) is 72.8 Å². The van der Waals surface area contributed by atoms with Gasteiger partial charge in [-0.1, -0.05) is 72.8 Å². The largest absolute Gasteiger partial charge is 0.497 e. The van der Waals surface area contributed by atoms with E-state index in [1.54, 1.807) is 7.11 Å². The Labute approximate surface area is 191 Å². The Morgan fingerprint density at radius 3 is 2.16 bits per heavy atom. The van der Waals surface area contributed by atoms with Gasteiger partial charge in [0.25, 0.3) is 0 Å². The van der Waals surface area contributed by atoms with E-state index in [4.69, 9.17) is 10.5 Å². The normalized spacial score (nSPS) is 18.6. The molecule has 2 unspecified atom stereocenters. The number of nitrogens with zero attached hydrogens (tertiary/aromatic N) is 1. The van der Waals surface area contributed by atoms with Crippen molar-refractivity contribution in [1.29, 1.82) is 0 Å². The van der Waals surface area contributed by atoms with Crippen LogP contribution in [0.4, 0.5) is 0 Å². The minimum Gasteiger partial charge on any atom is -0.497 e. The quantitative estimate of drug-likeness (QED) is 0.562. The summed E-state index contributed by atoms with van der Waals surface area (Å²) in [5, 5.41) is 0. The SMILES string of the molecule is COc1cccc(CN(C)C2CCC(C(C(N)=O)(c3ccccc3)c3ccccc3)C2)c1. The molecule has 1 saturated carbocycles. The minimum absolute atomic E-state index is 0.141. The summed E-state index contributed by atoms with van der Waals surface area (Å²) in [4.78, 5) is 15.6. The number of methoxy groups -OCH3 is 1. The molecule has 3 aromatic rings. The van der Waals surface area contributed by atoms with Crippen LogP contribution in [0.5, 0.6) is 5.75 Å². The molecule has 1 aliphatic rings. The van der Waals surface area contributed by atoms with Gasteiger partial charge in [0, 0.05) is 12.6 Å². The number of primary amides is 1. The van der Waals surface area contributed by atoms with E-state index in [1.165, 1.54) is 5.56 Å². The highest BCUT2D eigenvalue weighted by molar-refractivity contribution is 5.91. The van der Waals surface area contributed by atoms with Crippen molar-refractivity contribution in [3.05, 3.63) is 102 Å². The van der Waals surface area contributed by atoms with Gasteiger partial charge in [-0.25, -0.2) is 0 Å². The van der Waals surface area contributed by atoms with E-state index < -0.39 is 5.41 Å². The fourth-order valence-electron chi connectivity index (χ4n) is 5.47. The van der Waals surface area contributed by atoms with Crippen molar-refractivity contribution in [2.45, 2.75) is 37.3 Å². The van der Waals surface area contributed by atoms with E-state index in [2.05, 4.69) is 24.1 Å². The number of nitrogens with two attached hydrogens (primary N) is 1. The summed E-state index contributed by atoms with van der Waals surface area (Å²) in [6.07, 6.45) is 2.92. The summed E-state index contributed by atoms with van der Waals surface area (Å²) in [6, 6.07) is 28.8. The third-order valence-corrected chi connectivity index (χ3v) is 7.05. The van der Waals surface area contributed by atoms with Gasteiger partial charge in [-0.15, -0.1) is 0 Å². The van der Waals surface area contributed by atoms with Crippen LogP contribution in [0.1, 0.15) is 36.0 Å². The second-order valence-electron chi connectivity index (χ2n) is 8.83. The maximum Gasteiger partial charge on any atom is 0.232 e. The molecule has 1 aliphatic carbocycles. The van der Waals surface area contributed by atoms with Gasteiger partial charge in [0.1, 0.15) is 11.2 Å². The molecule has 0 aliphatic heterocycles. The Kier molecular flexibility index (Phi) is 6.61. The lowest BCUT2D eigenvalue weighted by atomic mass is 9.64. The second-order valence-corrected chi connectivity index (χ2v) is 8.83. The Bertz CT molecular complexity index is 996. The van der Waals surface area contributed by atoms with Crippen LogP contribution >= 0.6 is 0 Å². The number of carbonyl (C=O) groups excluding carboxylic acids is 1. The first-order chi connectivity index (χ1) is 15.6. The van der Waals surface area contributed by atoms with E-state index in [9.17, 15) is 4.79 Å². The van der Waals surface area contributed by atoms with Crippen molar-refractivity contribution < 1.29 is 9.53 Å². The van der Waals surface area contributed by atoms with Crippen molar-refractivity contribution in [2.24, 2.45) is 11.7 Å². The molecular formula is C28H32N2O2. The summed E-state index contributed by atoms with van der Waals surface area (Å²) in [6.45, 7) is 0.842. The zero-order chi connectivity index (χ0) is 22.6. The van der Waals surface area contributed by atoms with Gasteiger partial charge < -0.3 is 10.5 Å². The fraction of sp³-hybridized carbons (Fsp3) is 0.321. The summed E-state index contributed by atoms with van der Waals surface area (Å²) >= 11 is 0. The van der Waals surface area contributed by atoms with Gasteiger partial charge >= 0.3 is 0 Å². The van der Waals surface area contributed by atoms with Gasteiger partial charge in [-0.05, 0) is 61.1 Å². The lowest BCUT2D eigenvalue weighted by molar-refractivity contribution is -0.123. The third kappa shape index (κ3) is 4.15. The molecule has 0 spiro atoms. The summed E-state index contributed by atoms with van der Waals surface area (Å²) in [5.41, 5.74) is 8.60. The number of amides is 1. The molecule has 166 valence electrons. The highest BCUT2D eigenvalue weighted by Crippen LogP contribution is 2.47. The Hall–Kier alpha value is -3.11. The van der Waals surface area contributed by atoms with Crippen LogP contribution < -0.4 is 10.5 Å². The number of hydrogen-bond donors (Lipinski definition) is 1. The first-order valence-electron chi connectivity index (χ1n) is 11.3. The first kappa shape index (κ1) is 22.1. The number of rotatable bonds is 8. The molecule has 4 nitrogen and oxygen atoms in total. The highest BCUT2D eigenvalue weighted by Gasteiger charge is 2.50. The number of ether oxygens (including phenoxy) is 1. The predicted octanol–water partition coefficient (Wildman–Crippen LogP) is 4.77. The van der Waals surface area contributed by atoms with Gasteiger partial charge in [0.2, 0.25) is 5.91 Å². The maximum atomic E-state index is 13.2. The summed E-state index contributed by atoms with van der Waals surface area (Å²) in [5.74, 6) is 0.750. The standard InChI is InChI=1S/C28H32N2O2/c1-30(20-21-10-9-15-26(18-21)32-2)25-17-16-24(19-25)28(27(29)31,22-11-5-3-6-12-22)23-13-7-4-8-14-23/h3-15,18,24-25H,16-17,19-20H2,1-2H3,(H2,29,31). The highest BCUT2D eigenvalue weighted by atomic mass is 16.5. The van der Waals surface area contributed by atoms with Crippen molar-refractivity contribution in [3.63, 3.8) is 0 Å². The number of benzene rings is 3. The summed E-state index contributed by atoms with van der Waals surface area (Å²) in [7, 11) is 3.87. The average Bonchev–Trinajstić information content (AvgIpc) is 3.31. The van der Waals surface area contributed by atoms with E-state index >= 15 is 0 Å². The van der Waals surface area contributed by atoms with E-state index in [0.29, 0.717) is 6.04 Å². The van der Waals surface area contributed by atoms with Crippen LogP contribution in [0.25, 0.3) is 0 Å². The molecule has 0 heterocycles. The smallest absolute Gasteiger partial charge is 0.232 e. The van der Waals surface area contributed by atoms with Gasteiger partial charge in [-0.2, -0.15) is 0 Å². The van der Waals surface area contributed by atoms with Crippen LogP contribution in [0.2, 0.25) is 0 Å². The van der Waals surface area contributed by atoms with Crippen LogP contribution in [0.3, 0.4) is 0 Å². The van der Waals surface area contributed by atoms with E-state index in [0.717, 1.165) is 42.7 Å². The van der Waals surface area contributed by atoms with Crippen molar-refractivity contribution in [1.82, 2.24) is 4.90 Å². The number of carbonyl (C=O) groups is 1. The average molecular weight is 429 g/mol. The lowest BCUT2D eigenvalue weighted by Gasteiger charge is -2.38. The Balaban J connectivity index is 1.63. The molecule has 0 aromatic heterocycles. The predicted molar refractivity (Wildman–Crippen MR) is 128 cm³/mol. The van der Waals surface area contributed by atoms with Gasteiger partial charge in [-0.3, -0.25) is 9.69 Å². The molecule has 0 bridgehead atoms. The van der Waals surface area contributed by atoms with Gasteiger partial charge in [0.15, 0.2) is 0 Å². The molecule has 0 radical (unpaired) electrons. The lowest BCUT2D eigenvalue weighted by Crippen LogP contribution is -2.48. The zero-order valence-corrected chi connectivity index (χ0v) is 18.9. The van der Waals surface area contributed by atoms with Crippen LogP contribution in [-0.2, 0) is 16.8 Å². The molecule has 2 atom stereocenters. The monoisotopic (exact) mass is 428 g/mol. The Morgan fingerprint density at radius 2 is 1.59 bits per heavy atom. The van der Waals surface area contributed by atoms with Crippen molar-refractivity contribution in [3.8, 4) is 5.75 Å². The van der Waals surface area contributed by atoms with Crippen LogP contribution in [0, 0.1) is 5.92 Å². The second kappa shape index (κ2) is 9.58. The van der Waals surface area contributed by atoms with Crippen LogP contribution in [-0.4, -0.2) is 31.0 Å². The fourth-order valence-corrected chi connectivity index (χ4v) is 5.47. The molecule has 1 fully saturated rings. The zero-order valence-electron chi connectivity index (χ0n) is 18.9. The number of hydrogen-bond acceptors (Lipinski definition) is 3.